The summed E-state index contributed by atoms with van der Waals surface area (Å²) in [6, 6.07) is 6.29. The molecular formula is C21H28N5O2. The normalized spacial score (nSPS) is 19.2. The number of nitrogens with zero attached hydrogens (tertiary/aromatic N) is 2. The molecule has 1 radical (unpaired) electrons. The maximum atomic E-state index is 12.6. The number of aromatic amines is 1. The number of likely N-dealkylation sites (tertiary alicyclic amines) is 1. The monoisotopic (exact) mass is 382 g/mol. The zero-order chi connectivity index (χ0) is 19.5. The van der Waals surface area contributed by atoms with E-state index in [1.165, 1.54) is 0 Å². The SMILES string of the molecule is NC(=O)c1cc(C[CH]C(=O)N2CCC(N3CCNCC3)CC2)cc2cc[nH]c12. The van der Waals surface area contributed by atoms with Crippen molar-refractivity contribution in [1.82, 2.24) is 20.1 Å². The minimum Gasteiger partial charge on any atom is -0.366 e. The van der Waals surface area contributed by atoms with Crippen molar-refractivity contribution >= 4 is 22.7 Å². The number of H-pyrrole nitrogens is 1. The van der Waals surface area contributed by atoms with Gasteiger partial charge < -0.3 is 20.9 Å². The number of carbonyl (C=O) groups is 2. The van der Waals surface area contributed by atoms with Crippen LogP contribution in [-0.4, -0.2) is 71.9 Å². The van der Waals surface area contributed by atoms with Crippen LogP contribution >= 0.6 is 0 Å². The average molecular weight is 382 g/mol. The molecule has 2 amide bonds. The van der Waals surface area contributed by atoms with Crippen LogP contribution in [0, 0.1) is 6.42 Å². The van der Waals surface area contributed by atoms with Gasteiger partial charge in [-0.1, -0.05) is 0 Å². The number of fused-ring (bicyclic) bond motifs is 1. The van der Waals surface area contributed by atoms with Gasteiger partial charge in [-0.05, 0) is 43.0 Å². The van der Waals surface area contributed by atoms with Crippen molar-refractivity contribution < 1.29 is 9.59 Å². The van der Waals surface area contributed by atoms with E-state index in [0.29, 0.717) is 18.0 Å². The van der Waals surface area contributed by atoms with Crippen LogP contribution in [0.5, 0.6) is 0 Å². The third-order valence-corrected chi connectivity index (χ3v) is 5.94. The van der Waals surface area contributed by atoms with E-state index in [0.717, 1.165) is 68.6 Å². The summed E-state index contributed by atoms with van der Waals surface area (Å²) in [4.78, 5) is 31.9. The third-order valence-electron chi connectivity index (χ3n) is 5.94. The molecular weight excluding hydrogens is 354 g/mol. The number of carbonyl (C=O) groups excluding carboxylic acids is 2. The summed E-state index contributed by atoms with van der Waals surface area (Å²) in [7, 11) is 0. The molecule has 0 unspecified atom stereocenters. The molecule has 1 aromatic carbocycles. The highest BCUT2D eigenvalue weighted by Crippen LogP contribution is 2.22. The quantitative estimate of drug-likeness (QED) is 0.716. The second kappa shape index (κ2) is 8.32. The number of primary amides is 1. The standard InChI is InChI=1S/C21H28N5O2/c22-21(28)18-14-15(13-16-3-6-24-20(16)18)1-2-19(27)26-9-4-17(5-10-26)25-11-7-23-8-12-25/h2-3,6,13-14,17,23-24H,1,4-5,7-12H2,(H2,22,28). The fourth-order valence-corrected chi connectivity index (χ4v) is 4.38. The highest BCUT2D eigenvalue weighted by Gasteiger charge is 2.27. The predicted molar refractivity (Wildman–Crippen MR) is 109 cm³/mol. The fourth-order valence-electron chi connectivity index (χ4n) is 4.38. The number of piperidine rings is 1. The molecule has 2 aliphatic rings. The van der Waals surface area contributed by atoms with Crippen LogP contribution in [0.1, 0.15) is 28.8 Å². The van der Waals surface area contributed by atoms with Crippen LogP contribution in [0.3, 0.4) is 0 Å². The van der Waals surface area contributed by atoms with Gasteiger partial charge in [0.05, 0.1) is 17.5 Å². The van der Waals surface area contributed by atoms with E-state index >= 15 is 0 Å². The first-order valence-electron chi connectivity index (χ1n) is 10.1. The lowest BCUT2D eigenvalue weighted by Gasteiger charge is -2.40. The van der Waals surface area contributed by atoms with Crippen LogP contribution in [0.4, 0.5) is 0 Å². The molecule has 149 valence electrons. The highest BCUT2D eigenvalue weighted by atomic mass is 16.2. The first-order valence-corrected chi connectivity index (χ1v) is 10.1. The Morgan fingerprint density at radius 3 is 2.61 bits per heavy atom. The Morgan fingerprint density at radius 2 is 1.89 bits per heavy atom. The Balaban J connectivity index is 1.32. The van der Waals surface area contributed by atoms with Gasteiger partial charge in [-0.3, -0.25) is 14.5 Å². The van der Waals surface area contributed by atoms with Crippen molar-refractivity contribution in [2.75, 3.05) is 39.3 Å². The number of benzene rings is 1. The lowest BCUT2D eigenvalue weighted by Crippen LogP contribution is -2.52. The Labute approximate surface area is 165 Å². The Hall–Kier alpha value is -2.38. The van der Waals surface area contributed by atoms with Crippen LogP contribution in [0.25, 0.3) is 10.9 Å². The number of nitrogens with one attached hydrogen (secondary N) is 2. The molecule has 2 fully saturated rings. The fraction of sp³-hybridized carbons (Fsp3) is 0.476. The van der Waals surface area contributed by atoms with E-state index in [4.69, 9.17) is 5.73 Å². The van der Waals surface area contributed by atoms with E-state index in [-0.39, 0.29) is 5.91 Å². The number of rotatable bonds is 5. The summed E-state index contributed by atoms with van der Waals surface area (Å²) < 4.78 is 0. The number of aromatic nitrogens is 1. The number of nitrogens with two attached hydrogens (primary N) is 1. The minimum absolute atomic E-state index is 0.0774. The van der Waals surface area contributed by atoms with E-state index in [1.54, 1.807) is 18.7 Å². The number of hydrogen-bond acceptors (Lipinski definition) is 4. The summed E-state index contributed by atoms with van der Waals surface area (Å²) in [5, 5.41) is 4.33. The molecule has 2 aliphatic heterocycles. The summed E-state index contributed by atoms with van der Waals surface area (Å²) in [5.74, 6) is -0.385. The van der Waals surface area contributed by atoms with E-state index in [2.05, 4.69) is 15.2 Å². The summed E-state index contributed by atoms with van der Waals surface area (Å²) in [6.07, 6.45) is 6.10. The second-order valence-electron chi connectivity index (χ2n) is 7.70. The molecule has 0 spiro atoms. The van der Waals surface area contributed by atoms with Crippen molar-refractivity contribution in [3.8, 4) is 0 Å². The van der Waals surface area contributed by atoms with Gasteiger partial charge in [0.15, 0.2) is 0 Å². The maximum Gasteiger partial charge on any atom is 0.250 e. The Morgan fingerprint density at radius 1 is 1.14 bits per heavy atom. The molecule has 0 atom stereocenters. The van der Waals surface area contributed by atoms with Gasteiger partial charge in [-0.25, -0.2) is 0 Å². The van der Waals surface area contributed by atoms with Gasteiger partial charge in [0.2, 0.25) is 5.91 Å². The van der Waals surface area contributed by atoms with Gasteiger partial charge in [-0.2, -0.15) is 0 Å². The molecule has 7 heteroatoms. The Kier molecular flexibility index (Phi) is 5.64. The van der Waals surface area contributed by atoms with Gasteiger partial charge in [-0.15, -0.1) is 0 Å². The van der Waals surface area contributed by atoms with Crippen molar-refractivity contribution in [3.63, 3.8) is 0 Å². The number of piperazine rings is 1. The first kappa shape index (κ1) is 19.0. The third kappa shape index (κ3) is 4.05. The minimum atomic E-state index is -0.462. The van der Waals surface area contributed by atoms with Crippen molar-refractivity contribution in [1.29, 1.82) is 0 Å². The van der Waals surface area contributed by atoms with E-state index < -0.39 is 5.91 Å². The van der Waals surface area contributed by atoms with Crippen molar-refractivity contribution in [2.45, 2.75) is 25.3 Å². The number of amides is 2. The molecule has 0 aliphatic carbocycles. The van der Waals surface area contributed by atoms with Gasteiger partial charge >= 0.3 is 0 Å². The van der Waals surface area contributed by atoms with Crippen LogP contribution in [0.2, 0.25) is 0 Å². The molecule has 4 rings (SSSR count). The molecule has 2 saturated heterocycles. The molecule has 28 heavy (non-hydrogen) atoms. The summed E-state index contributed by atoms with van der Waals surface area (Å²) in [5.41, 5.74) is 7.64. The van der Waals surface area contributed by atoms with Crippen LogP contribution < -0.4 is 11.1 Å². The lowest BCUT2D eigenvalue weighted by atomic mass is 10.00. The molecule has 3 heterocycles. The molecule has 0 saturated carbocycles. The topological polar surface area (TPSA) is 94.5 Å². The van der Waals surface area contributed by atoms with E-state index in [9.17, 15) is 9.59 Å². The smallest absolute Gasteiger partial charge is 0.250 e. The molecule has 2 aromatic rings. The summed E-state index contributed by atoms with van der Waals surface area (Å²) in [6.45, 7) is 5.96. The second-order valence-corrected chi connectivity index (χ2v) is 7.70. The van der Waals surface area contributed by atoms with Gasteiger partial charge in [0.1, 0.15) is 0 Å². The zero-order valence-corrected chi connectivity index (χ0v) is 16.1. The van der Waals surface area contributed by atoms with Crippen molar-refractivity contribution in [2.24, 2.45) is 5.73 Å². The molecule has 1 aromatic heterocycles. The Bertz CT molecular complexity index is 848. The lowest BCUT2D eigenvalue weighted by molar-refractivity contribution is -0.129. The number of hydrogen-bond donors (Lipinski definition) is 3. The predicted octanol–water partition coefficient (Wildman–Crippen LogP) is 0.910. The van der Waals surface area contributed by atoms with Gasteiger partial charge in [0.25, 0.3) is 5.91 Å². The van der Waals surface area contributed by atoms with Crippen LogP contribution in [0.15, 0.2) is 24.4 Å². The highest BCUT2D eigenvalue weighted by molar-refractivity contribution is 6.05. The average Bonchev–Trinajstić information content (AvgIpc) is 3.20. The molecule has 0 bridgehead atoms. The largest absolute Gasteiger partial charge is 0.366 e. The van der Waals surface area contributed by atoms with E-state index in [1.807, 2.05) is 17.0 Å². The zero-order valence-electron chi connectivity index (χ0n) is 16.1. The van der Waals surface area contributed by atoms with Gasteiger partial charge in [0, 0.05) is 56.9 Å². The maximum absolute atomic E-state index is 12.6. The van der Waals surface area contributed by atoms with Crippen molar-refractivity contribution in [3.05, 3.63) is 41.9 Å². The summed E-state index contributed by atoms with van der Waals surface area (Å²) >= 11 is 0. The van der Waals surface area contributed by atoms with Crippen LogP contribution in [-0.2, 0) is 11.2 Å². The molecule has 4 N–H and O–H groups in total. The molecule has 7 nitrogen and oxygen atoms in total. The first-order chi connectivity index (χ1) is 13.6.